The SMILES string of the molecule is COCc1nc(CC2CCCO2)sc1CNC(C)C. The first-order valence-corrected chi connectivity index (χ1v) is 7.82. The summed E-state index contributed by atoms with van der Waals surface area (Å²) in [5.41, 5.74) is 1.08. The molecule has 4 nitrogen and oxygen atoms in total. The smallest absolute Gasteiger partial charge is 0.0958 e. The van der Waals surface area contributed by atoms with E-state index < -0.39 is 0 Å². The summed E-state index contributed by atoms with van der Waals surface area (Å²) in [5.74, 6) is 0. The molecule has 2 heterocycles. The van der Waals surface area contributed by atoms with Gasteiger partial charge in [-0.25, -0.2) is 4.98 Å². The van der Waals surface area contributed by atoms with Gasteiger partial charge in [0.15, 0.2) is 0 Å². The zero-order chi connectivity index (χ0) is 13.7. The fourth-order valence-electron chi connectivity index (χ4n) is 2.21. The summed E-state index contributed by atoms with van der Waals surface area (Å²) in [7, 11) is 1.72. The molecule has 1 aliphatic rings. The van der Waals surface area contributed by atoms with Crippen LogP contribution in [0.5, 0.6) is 0 Å². The molecular formula is C14H24N2O2S. The van der Waals surface area contributed by atoms with Gasteiger partial charge in [0, 0.05) is 37.6 Å². The Kier molecular flexibility index (Phi) is 5.76. The van der Waals surface area contributed by atoms with Crippen molar-refractivity contribution in [2.24, 2.45) is 0 Å². The van der Waals surface area contributed by atoms with E-state index in [1.807, 2.05) is 0 Å². The van der Waals surface area contributed by atoms with Gasteiger partial charge in [-0.2, -0.15) is 0 Å². The molecule has 1 aliphatic heterocycles. The van der Waals surface area contributed by atoms with Crippen molar-refractivity contribution in [2.75, 3.05) is 13.7 Å². The fourth-order valence-corrected chi connectivity index (χ4v) is 3.30. The zero-order valence-corrected chi connectivity index (χ0v) is 12.9. The van der Waals surface area contributed by atoms with E-state index in [0.29, 0.717) is 18.8 Å². The van der Waals surface area contributed by atoms with Crippen LogP contribution in [0, 0.1) is 0 Å². The number of nitrogens with zero attached hydrogens (tertiary/aromatic N) is 1. The monoisotopic (exact) mass is 284 g/mol. The van der Waals surface area contributed by atoms with Crippen LogP contribution in [0.25, 0.3) is 0 Å². The van der Waals surface area contributed by atoms with Gasteiger partial charge in [0.05, 0.1) is 23.4 Å². The number of thiazole rings is 1. The normalized spacial score (nSPS) is 19.5. The van der Waals surface area contributed by atoms with E-state index >= 15 is 0 Å². The Morgan fingerprint density at radius 3 is 3.00 bits per heavy atom. The van der Waals surface area contributed by atoms with E-state index in [0.717, 1.165) is 25.3 Å². The summed E-state index contributed by atoms with van der Waals surface area (Å²) in [5, 5.41) is 4.63. The molecule has 2 rings (SSSR count). The first-order chi connectivity index (χ1) is 9.19. The van der Waals surface area contributed by atoms with Gasteiger partial charge in [-0.1, -0.05) is 13.8 Å². The summed E-state index contributed by atoms with van der Waals surface area (Å²) >= 11 is 1.79. The van der Waals surface area contributed by atoms with Gasteiger partial charge in [0.2, 0.25) is 0 Å². The Balaban J connectivity index is 2.00. The topological polar surface area (TPSA) is 43.4 Å². The average Bonchev–Trinajstić information content (AvgIpc) is 2.98. The molecule has 1 aromatic heterocycles. The summed E-state index contributed by atoms with van der Waals surface area (Å²) in [6, 6.07) is 0.485. The lowest BCUT2D eigenvalue weighted by Gasteiger charge is -2.07. The molecule has 108 valence electrons. The largest absolute Gasteiger partial charge is 0.378 e. The molecule has 0 radical (unpaired) electrons. The maximum atomic E-state index is 5.68. The maximum absolute atomic E-state index is 5.68. The van der Waals surface area contributed by atoms with Crippen LogP contribution >= 0.6 is 11.3 Å². The van der Waals surface area contributed by atoms with Crippen molar-refractivity contribution >= 4 is 11.3 Å². The molecule has 1 unspecified atom stereocenters. The average molecular weight is 284 g/mol. The van der Waals surface area contributed by atoms with Crippen LogP contribution in [0.15, 0.2) is 0 Å². The molecule has 1 N–H and O–H groups in total. The third-order valence-corrected chi connectivity index (χ3v) is 4.32. The standard InChI is InChI=1S/C14H24N2O2S/c1-10(2)15-8-13-12(9-17-3)16-14(19-13)7-11-5-4-6-18-11/h10-11,15H,4-9H2,1-3H3. The molecule has 1 fully saturated rings. The van der Waals surface area contributed by atoms with Crippen LogP contribution < -0.4 is 5.32 Å². The number of hydrogen-bond donors (Lipinski definition) is 1. The molecule has 0 spiro atoms. The Morgan fingerprint density at radius 1 is 1.53 bits per heavy atom. The Labute approximate surface area is 119 Å². The highest BCUT2D eigenvalue weighted by Crippen LogP contribution is 2.24. The van der Waals surface area contributed by atoms with E-state index in [1.54, 1.807) is 18.4 Å². The van der Waals surface area contributed by atoms with E-state index in [9.17, 15) is 0 Å². The third kappa shape index (κ3) is 4.53. The molecule has 19 heavy (non-hydrogen) atoms. The van der Waals surface area contributed by atoms with Gasteiger partial charge >= 0.3 is 0 Å². The van der Waals surface area contributed by atoms with Gasteiger partial charge in [-0.15, -0.1) is 11.3 Å². The van der Waals surface area contributed by atoms with Crippen molar-refractivity contribution in [3.8, 4) is 0 Å². The number of methoxy groups -OCH3 is 1. The first-order valence-electron chi connectivity index (χ1n) is 7.00. The minimum Gasteiger partial charge on any atom is -0.378 e. The van der Waals surface area contributed by atoms with E-state index in [1.165, 1.54) is 22.7 Å². The molecule has 0 amide bonds. The van der Waals surface area contributed by atoms with Crippen LogP contribution in [0.4, 0.5) is 0 Å². The van der Waals surface area contributed by atoms with Crippen molar-refractivity contribution in [2.45, 2.75) is 58.4 Å². The van der Waals surface area contributed by atoms with E-state index in [-0.39, 0.29) is 0 Å². The van der Waals surface area contributed by atoms with Gasteiger partial charge in [0.25, 0.3) is 0 Å². The van der Waals surface area contributed by atoms with Gasteiger partial charge < -0.3 is 14.8 Å². The van der Waals surface area contributed by atoms with E-state index in [4.69, 9.17) is 14.5 Å². The second-order valence-electron chi connectivity index (χ2n) is 5.29. The molecule has 1 saturated heterocycles. The predicted octanol–water partition coefficient (Wildman–Crippen LogP) is 2.51. The maximum Gasteiger partial charge on any atom is 0.0958 e. The van der Waals surface area contributed by atoms with Crippen LogP contribution in [0.1, 0.15) is 42.3 Å². The number of ether oxygens (including phenoxy) is 2. The van der Waals surface area contributed by atoms with Gasteiger partial charge in [0.1, 0.15) is 0 Å². The minimum atomic E-state index is 0.368. The number of rotatable bonds is 7. The van der Waals surface area contributed by atoms with E-state index in [2.05, 4.69) is 19.2 Å². The fraction of sp³-hybridized carbons (Fsp3) is 0.786. The summed E-state index contributed by atoms with van der Waals surface area (Å²) in [4.78, 5) is 6.01. The number of nitrogens with one attached hydrogen (secondary N) is 1. The summed E-state index contributed by atoms with van der Waals surface area (Å²) in [6.07, 6.45) is 3.66. The summed E-state index contributed by atoms with van der Waals surface area (Å²) < 4.78 is 10.9. The quantitative estimate of drug-likeness (QED) is 0.835. The van der Waals surface area contributed by atoms with Gasteiger partial charge in [-0.05, 0) is 12.8 Å². The Bertz CT molecular complexity index is 387. The van der Waals surface area contributed by atoms with Gasteiger partial charge in [-0.3, -0.25) is 0 Å². The highest BCUT2D eigenvalue weighted by molar-refractivity contribution is 7.11. The van der Waals surface area contributed by atoms with Crippen molar-refractivity contribution in [1.29, 1.82) is 0 Å². The zero-order valence-electron chi connectivity index (χ0n) is 12.1. The highest BCUT2D eigenvalue weighted by atomic mass is 32.1. The first kappa shape index (κ1) is 14.9. The number of hydrogen-bond acceptors (Lipinski definition) is 5. The minimum absolute atomic E-state index is 0.368. The van der Waals surface area contributed by atoms with Crippen LogP contribution in [0.2, 0.25) is 0 Å². The predicted molar refractivity (Wildman–Crippen MR) is 77.5 cm³/mol. The third-order valence-electron chi connectivity index (χ3n) is 3.20. The van der Waals surface area contributed by atoms with Crippen LogP contribution in [0.3, 0.4) is 0 Å². The molecular weight excluding hydrogens is 260 g/mol. The molecule has 0 aliphatic carbocycles. The lowest BCUT2D eigenvalue weighted by molar-refractivity contribution is 0.111. The highest BCUT2D eigenvalue weighted by Gasteiger charge is 2.19. The van der Waals surface area contributed by atoms with Crippen molar-refractivity contribution in [3.05, 3.63) is 15.6 Å². The molecule has 0 bridgehead atoms. The second kappa shape index (κ2) is 7.33. The molecule has 0 aromatic carbocycles. The molecule has 1 atom stereocenters. The number of aromatic nitrogens is 1. The van der Waals surface area contributed by atoms with Crippen molar-refractivity contribution in [3.63, 3.8) is 0 Å². The lowest BCUT2D eigenvalue weighted by atomic mass is 10.2. The molecule has 5 heteroatoms. The second-order valence-corrected chi connectivity index (χ2v) is 6.45. The molecule has 0 saturated carbocycles. The Morgan fingerprint density at radius 2 is 2.37 bits per heavy atom. The van der Waals surface area contributed by atoms with Crippen molar-refractivity contribution in [1.82, 2.24) is 10.3 Å². The summed E-state index contributed by atoms with van der Waals surface area (Å²) in [6.45, 7) is 6.69. The Hall–Kier alpha value is -0.490. The lowest BCUT2D eigenvalue weighted by Crippen LogP contribution is -2.21. The van der Waals surface area contributed by atoms with Crippen molar-refractivity contribution < 1.29 is 9.47 Å². The van der Waals surface area contributed by atoms with Crippen LogP contribution in [-0.4, -0.2) is 30.8 Å². The molecule has 1 aromatic rings. The van der Waals surface area contributed by atoms with Crippen LogP contribution in [-0.2, 0) is 29.0 Å².